The van der Waals surface area contributed by atoms with Crippen molar-refractivity contribution in [2.24, 2.45) is 0 Å². The van der Waals surface area contributed by atoms with Crippen molar-refractivity contribution < 1.29 is 13.9 Å². The summed E-state index contributed by atoms with van der Waals surface area (Å²) in [5.74, 6) is 0.903. The molecule has 6 nitrogen and oxygen atoms in total. The van der Waals surface area contributed by atoms with Gasteiger partial charge in [0.2, 0.25) is 5.89 Å². The number of nitrogens with zero attached hydrogens (tertiary/aromatic N) is 1. The molecule has 4 rings (SSSR count). The van der Waals surface area contributed by atoms with Gasteiger partial charge >= 0.3 is 0 Å². The van der Waals surface area contributed by atoms with Crippen molar-refractivity contribution in [3.8, 4) is 17.2 Å². The van der Waals surface area contributed by atoms with Gasteiger partial charge in [0.1, 0.15) is 11.3 Å². The Kier molecular flexibility index (Phi) is 6.70. The molecular weight excluding hydrogens is 434 g/mol. The fraction of sp³-hybridized carbons (Fsp3) is 0.192. The smallest absolute Gasteiger partial charge is 0.257 e. The van der Waals surface area contributed by atoms with Gasteiger partial charge in [-0.05, 0) is 92.1 Å². The number of anilines is 1. The number of carbonyl (C=O) groups is 1. The Morgan fingerprint density at radius 3 is 2.70 bits per heavy atom. The molecule has 0 spiro atoms. The fourth-order valence-electron chi connectivity index (χ4n) is 3.29. The highest BCUT2D eigenvalue weighted by Gasteiger charge is 2.12. The summed E-state index contributed by atoms with van der Waals surface area (Å²) in [6, 6.07) is 18.6. The summed E-state index contributed by atoms with van der Waals surface area (Å²) in [6.07, 6.45) is 0.895. The number of hydrogen-bond donors (Lipinski definition) is 2. The van der Waals surface area contributed by atoms with Crippen LogP contribution in [0.1, 0.15) is 34.8 Å². The maximum Gasteiger partial charge on any atom is 0.257 e. The Bertz CT molecular complexity index is 1330. The first-order chi connectivity index (χ1) is 15.9. The Balaban J connectivity index is 1.44. The number of nitrogens with one attached hydrogen (secondary N) is 2. The highest BCUT2D eigenvalue weighted by atomic mass is 32.1. The van der Waals surface area contributed by atoms with E-state index in [1.54, 1.807) is 18.2 Å². The van der Waals surface area contributed by atoms with Crippen molar-refractivity contribution in [2.75, 3.05) is 11.9 Å². The minimum atomic E-state index is -0.311. The van der Waals surface area contributed by atoms with E-state index < -0.39 is 0 Å². The maximum atomic E-state index is 12.6. The average molecular weight is 460 g/mol. The Morgan fingerprint density at radius 2 is 1.91 bits per heavy atom. The Labute approximate surface area is 198 Å². The summed E-state index contributed by atoms with van der Waals surface area (Å²) < 4.78 is 11.5. The van der Waals surface area contributed by atoms with Crippen LogP contribution in [0.25, 0.3) is 22.6 Å². The molecule has 0 fully saturated rings. The van der Waals surface area contributed by atoms with E-state index in [1.165, 1.54) is 11.1 Å². The zero-order chi connectivity index (χ0) is 23.4. The van der Waals surface area contributed by atoms with Crippen molar-refractivity contribution in [2.45, 2.75) is 27.2 Å². The number of hydrogen-bond acceptors (Lipinski definition) is 5. The van der Waals surface area contributed by atoms with Gasteiger partial charge in [0.15, 0.2) is 10.7 Å². The number of ether oxygens (including phenoxy) is 1. The van der Waals surface area contributed by atoms with E-state index in [0.717, 1.165) is 12.0 Å². The van der Waals surface area contributed by atoms with Gasteiger partial charge in [-0.1, -0.05) is 19.1 Å². The summed E-state index contributed by atoms with van der Waals surface area (Å²) in [5.41, 5.74) is 5.87. The first-order valence-corrected chi connectivity index (χ1v) is 11.2. The second-order valence-corrected chi connectivity index (χ2v) is 8.19. The average Bonchev–Trinajstić information content (AvgIpc) is 3.23. The number of aryl methyl sites for hydroxylation is 2. The number of fused-ring (bicyclic) bond motifs is 1. The van der Waals surface area contributed by atoms with Crippen molar-refractivity contribution in [3.63, 3.8) is 0 Å². The molecule has 0 saturated carbocycles. The number of thiocarbonyl (C=S) groups is 1. The third-order valence-electron chi connectivity index (χ3n) is 5.20. The fourth-order valence-corrected chi connectivity index (χ4v) is 3.50. The van der Waals surface area contributed by atoms with E-state index in [9.17, 15) is 4.79 Å². The molecule has 168 valence electrons. The van der Waals surface area contributed by atoms with E-state index >= 15 is 0 Å². The molecule has 0 radical (unpaired) electrons. The van der Waals surface area contributed by atoms with Gasteiger partial charge in [-0.3, -0.25) is 10.1 Å². The SMILES string of the molecule is CCCOc1cccc(C(=O)NC(=S)Nc2ccc3oc(-c4ccc(C)c(C)c4)nc3c2)c1. The summed E-state index contributed by atoms with van der Waals surface area (Å²) >= 11 is 5.33. The first kappa shape index (κ1) is 22.5. The molecule has 2 N–H and O–H groups in total. The van der Waals surface area contributed by atoms with Gasteiger partial charge in [-0.2, -0.15) is 0 Å². The van der Waals surface area contributed by atoms with Gasteiger partial charge < -0.3 is 14.5 Å². The molecule has 1 aromatic heterocycles. The molecule has 0 bridgehead atoms. The number of carbonyl (C=O) groups excluding carboxylic acids is 1. The predicted molar refractivity (Wildman–Crippen MR) is 135 cm³/mol. The highest BCUT2D eigenvalue weighted by molar-refractivity contribution is 7.80. The largest absolute Gasteiger partial charge is 0.494 e. The summed E-state index contributed by atoms with van der Waals surface area (Å²) in [7, 11) is 0. The first-order valence-electron chi connectivity index (χ1n) is 10.8. The van der Waals surface area contributed by atoms with Crippen LogP contribution in [0.5, 0.6) is 5.75 Å². The van der Waals surface area contributed by atoms with E-state index in [-0.39, 0.29) is 11.0 Å². The predicted octanol–water partition coefficient (Wildman–Crippen LogP) is 6.03. The van der Waals surface area contributed by atoms with Crippen LogP contribution in [0.4, 0.5) is 5.69 Å². The standard InChI is InChI=1S/C26H25N3O3S/c1-4-12-31-21-7-5-6-18(14-21)24(30)29-26(33)27-20-10-11-23-22(15-20)28-25(32-23)19-9-8-16(2)17(3)13-19/h5-11,13-15H,4,12H2,1-3H3,(H2,27,29,30,33). The van der Waals surface area contributed by atoms with Crippen molar-refractivity contribution in [1.82, 2.24) is 10.3 Å². The van der Waals surface area contributed by atoms with Crippen molar-refractivity contribution >= 4 is 40.0 Å². The van der Waals surface area contributed by atoms with E-state index in [1.807, 2.05) is 37.3 Å². The second-order valence-electron chi connectivity index (χ2n) is 7.79. The van der Waals surface area contributed by atoms with Crippen molar-refractivity contribution in [3.05, 3.63) is 77.4 Å². The van der Waals surface area contributed by atoms with Crippen molar-refractivity contribution in [1.29, 1.82) is 0 Å². The third kappa shape index (κ3) is 5.38. The lowest BCUT2D eigenvalue weighted by atomic mass is 10.1. The van der Waals surface area contributed by atoms with Crippen LogP contribution in [0, 0.1) is 13.8 Å². The summed E-state index contributed by atoms with van der Waals surface area (Å²) in [4.78, 5) is 17.2. The lowest BCUT2D eigenvalue weighted by Gasteiger charge is -2.10. The maximum absolute atomic E-state index is 12.6. The summed E-state index contributed by atoms with van der Waals surface area (Å²) in [6.45, 7) is 6.76. The quantitative estimate of drug-likeness (QED) is 0.343. The molecule has 3 aromatic carbocycles. The lowest BCUT2D eigenvalue weighted by Crippen LogP contribution is -2.34. The minimum absolute atomic E-state index is 0.192. The zero-order valence-corrected chi connectivity index (χ0v) is 19.6. The molecule has 0 aliphatic heterocycles. The second kappa shape index (κ2) is 9.83. The molecule has 0 unspecified atom stereocenters. The number of rotatable bonds is 6. The molecule has 0 atom stereocenters. The molecule has 7 heteroatoms. The minimum Gasteiger partial charge on any atom is -0.494 e. The van der Waals surface area contributed by atoms with Crippen LogP contribution >= 0.6 is 12.2 Å². The van der Waals surface area contributed by atoms with Gasteiger partial charge in [-0.25, -0.2) is 4.98 Å². The molecule has 1 amide bonds. The van der Waals surface area contributed by atoms with Crippen LogP contribution in [0.15, 0.2) is 65.1 Å². The van der Waals surface area contributed by atoms with Gasteiger partial charge in [0, 0.05) is 16.8 Å². The van der Waals surface area contributed by atoms with Gasteiger partial charge in [-0.15, -0.1) is 0 Å². The van der Waals surface area contributed by atoms with Gasteiger partial charge in [0.05, 0.1) is 6.61 Å². The third-order valence-corrected chi connectivity index (χ3v) is 5.40. The molecule has 33 heavy (non-hydrogen) atoms. The van der Waals surface area contributed by atoms with Crippen LogP contribution < -0.4 is 15.4 Å². The number of oxazole rings is 1. The van der Waals surface area contributed by atoms with Crippen LogP contribution in [0.3, 0.4) is 0 Å². The van der Waals surface area contributed by atoms with Crippen LogP contribution in [0.2, 0.25) is 0 Å². The van der Waals surface area contributed by atoms with Crippen LogP contribution in [-0.2, 0) is 0 Å². The number of benzene rings is 3. The monoisotopic (exact) mass is 459 g/mol. The molecule has 4 aromatic rings. The molecule has 0 aliphatic rings. The Hall–Kier alpha value is -3.71. The van der Waals surface area contributed by atoms with E-state index in [0.29, 0.717) is 40.6 Å². The Morgan fingerprint density at radius 1 is 1.06 bits per heavy atom. The molecular formula is C26H25N3O3S. The lowest BCUT2D eigenvalue weighted by molar-refractivity contribution is 0.0977. The summed E-state index contributed by atoms with van der Waals surface area (Å²) in [5, 5.41) is 5.93. The topological polar surface area (TPSA) is 76.4 Å². The molecule has 0 aliphatic carbocycles. The zero-order valence-electron chi connectivity index (χ0n) is 18.8. The molecule has 0 saturated heterocycles. The van der Waals surface area contributed by atoms with E-state index in [2.05, 4.69) is 41.6 Å². The normalized spacial score (nSPS) is 10.8. The number of aromatic nitrogens is 1. The highest BCUT2D eigenvalue weighted by Crippen LogP contribution is 2.27. The van der Waals surface area contributed by atoms with Crippen LogP contribution in [-0.4, -0.2) is 22.6 Å². The van der Waals surface area contributed by atoms with E-state index in [4.69, 9.17) is 21.4 Å². The molecule has 1 heterocycles. The van der Waals surface area contributed by atoms with Gasteiger partial charge in [0.25, 0.3) is 5.91 Å². The number of amides is 1.